The molecule has 0 amide bonds. The van der Waals surface area contributed by atoms with E-state index in [1.807, 2.05) is 13.0 Å². The summed E-state index contributed by atoms with van der Waals surface area (Å²) in [6, 6.07) is 3.58. The van der Waals surface area contributed by atoms with Crippen molar-refractivity contribution in [3.63, 3.8) is 0 Å². The van der Waals surface area contributed by atoms with Crippen LogP contribution in [0.25, 0.3) is 0 Å². The molecular weight excluding hydrogens is 152 g/mol. The highest BCUT2D eigenvalue weighted by Gasteiger charge is 2.02. The van der Waals surface area contributed by atoms with Crippen molar-refractivity contribution >= 4 is 11.4 Å². The van der Waals surface area contributed by atoms with Gasteiger partial charge in [-0.2, -0.15) is 0 Å². The maximum atomic E-state index is 8.74. The van der Waals surface area contributed by atoms with Crippen molar-refractivity contribution in [1.82, 2.24) is 0 Å². The molecule has 3 nitrogen and oxygen atoms in total. The number of nitrogens with two attached hydrogens (primary N) is 2. The number of anilines is 2. The Morgan fingerprint density at radius 3 is 2.58 bits per heavy atom. The van der Waals surface area contributed by atoms with Gasteiger partial charge in [0, 0.05) is 18.0 Å². The first kappa shape index (κ1) is 8.87. The number of nitrogen functional groups attached to an aromatic ring is 2. The molecule has 0 saturated carbocycles. The van der Waals surface area contributed by atoms with Crippen LogP contribution in [0.1, 0.15) is 11.1 Å². The van der Waals surface area contributed by atoms with Gasteiger partial charge in [-0.3, -0.25) is 0 Å². The third-order valence-electron chi connectivity index (χ3n) is 1.96. The van der Waals surface area contributed by atoms with Crippen molar-refractivity contribution in [3.8, 4) is 0 Å². The molecule has 66 valence electrons. The van der Waals surface area contributed by atoms with Gasteiger partial charge in [-0.25, -0.2) is 0 Å². The lowest BCUT2D eigenvalue weighted by Gasteiger charge is -2.08. The fourth-order valence-electron chi connectivity index (χ4n) is 1.20. The number of aliphatic hydroxyl groups is 1. The summed E-state index contributed by atoms with van der Waals surface area (Å²) in [6.07, 6.45) is 0.612. The minimum absolute atomic E-state index is 0.129. The van der Waals surface area contributed by atoms with E-state index in [4.69, 9.17) is 16.6 Å². The molecule has 0 unspecified atom stereocenters. The highest BCUT2D eigenvalue weighted by molar-refractivity contribution is 5.59. The van der Waals surface area contributed by atoms with Crippen molar-refractivity contribution in [1.29, 1.82) is 0 Å². The van der Waals surface area contributed by atoms with Gasteiger partial charge >= 0.3 is 0 Å². The van der Waals surface area contributed by atoms with Crippen LogP contribution in [0.15, 0.2) is 12.1 Å². The van der Waals surface area contributed by atoms with Gasteiger partial charge in [0.1, 0.15) is 0 Å². The second kappa shape index (κ2) is 3.45. The molecule has 0 fully saturated rings. The summed E-state index contributed by atoms with van der Waals surface area (Å²) >= 11 is 0. The van der Waals surface area contributed by atoms with E-state index in [1.165, 1.54) is 0 Å². The van der Waals surface area contributed by atoms with Gasteiger partial charge in [-0.15, -0.1) is 0 Å². The van der Waals surface area contributed by atoms with Crippen molar-refractivity contribution in [2.75, 3.05) is 18.1 Å². The van der Waals surface area contributed by atoms with Crippen LogP contribution in [0.2, 0.25) is 0 Å². The summed E-state index contributed by atoms with van der Waals surface area (Å²) in [4.78, 5) is 0. The van der Waals surface area contributed by atoms with E-state index in [-0.39, 0.29) is 6.61 Å². The monoisotopic (exact) mass is 166 g/mol. The van der Waals surface area contributed by atoms with Crippen LogP contribution in [0.4, 0.5) is 11.4 Å². The number of aliphatic hydroxyl groups excluding tert-OH is 1. The van der Waals surface area contributed by atoms with E-state index in [1.54, 1.807) is 6.07 Å². The van der Waals surface area contributed by atoms with Crippen LogP contribution < -0.4 is 11.5 Å². The first-order valence-electron chi connectivity index (χ1n) is 3.90. The fraction of sp³-hybridized carbons (Fsp3) is 0.333. The van der Waals surface area contributed by atoms with Gasteiger partial charge in [0.15, 0.2) is 0 Å². The average Bonchev–Trinajstić information content (AvgIpc) is 2.00. The van der Waals surface area contributed by atoms with Crippen LogP contribution in [0, 0.1) is 6.92 Å². The molecule has 0 heterocycles. The van der Waals surface area contributed by atoms with Crippen molar-refractivity contribution in [3.05, 3.63) is 23.3 Å². The van der Waals surface area contributed by atoms with E-state index >= 15 is 0 Å². The number of hydrogen-bond donors (Lipinski definition) is 3. The second-order valence-corrected chi connectivity index (χ2v) is 2.87. The van der Waals surface area contributed by atoms with Gasteiger partial charge in [0.2, 0.25) is 0 Å². The molecule has 0 bridgehead atoms. The lowest BCUT2D eigenvalue weighted by molar-refractivity contribution is 0.299. The van der Waals surface area contributed by atoms with Gasteiger partial charge in [0.25, 0.3) is 0 Å². The Hall–Kier alpha value is -1.22. The molecular formula is C9H14N2O. The van der Waals surface area contributed by atoms with Crippen LogP contribution in [-0.2, 0) is 6.42 Å². The Morgan fingerprint density at radius 1 is 1.33 bits per heavy atom. The van der Waals surface area contributed by atoms with Crippen LogP contribution in [0.3, 0.4) is 0 Å². The molecule has 3 heteroatoms. The Kier molecular flexibility index (Phi) is 2.55. The first-order valence-corrected chi connectivity index (χ1v) is 3.90. The summed E-state index contributed by atoms with van der Waals surface area (Å²) in [5.41, 5.74) is 14.7. The third kappa shape index (κ3) is 1.68. The Labute approximate surface area is 72.0 Å². The number of benzene rings is 1. The normalized spacial score (nSPS) is 10.2. The molecule has 0 atom stereocenters. The van der Waals surface area contributed by atoms with Crippen LogP contribution >= 0.6 is 0 Å². The minimum Gasteiger partial charge on any atom is -0.399 e. The van der Waals surface area contributed by atoms with E-state index in [2.05, 4.69) is 0 Å². The van der Waals surface area contributed by atoms with Gasteiger partial charge in [-0.05, 0) is 36.6 Å². The number of rotatable bonds is 2. The van der Waals surface area contributed by atoms with Crippen LogP contribution in [-0.4, -0.2) is 11.7 Å². The predicted molar refractivity (Wildman–Crippen MR) is 50.8 cm³/mol. The van der Waals surface area contributed by atoms with Crippen molar-refractivity contribution < 1.29 is 5.11 Å². The van der Waals surface area contributed by atoms with Gasteiger partial charge < -0.3 is 16.6 Å². The first-order chi connectivity index (χ1) is 5.65. The molecule has 0 radical (unpaired) electrons. The second-order valence-electron chi connectivity index (χ2n) is 2.87. The largest absolute Gasteiger partial charge is 0.399 e. The smallest absolute Gasteiger partial charge is 0.0471 e. The maximum absolute atomic E-state index is 8.74. The molecule has 1 aromatic carbocycles. The Morgan fingerprint density at radius 2 is 2.00 bits per heavy atom. The van der Waals surface area contributed by atoms with Crippen molar-refractivity contribution in [2.24, 2.45) is 0 Å². The Balaban J connectivity index is 3.09. The molecule has 5 N–H and O–H groups in total. The zero-order valence-electron chi connectivity index (χ0n) is 7.17. The third-order valence-corrected chi connectivity index (χ3v) is 1.96. The van der Waals surface area contributed by atoms with E-state index in [0.717, 1.165) is 11.1 Å². The standard InChI is InChI=1S/C9H14N2O/c1-6-7(2-3-12)4-8(10)5-9(6)11/h4-5,12H,2-3,10-11H2,1H3. The molecule has 0 aliphatic heterocycles. The van der Waals surface area contributed by atoms with E-state index in [0.29, 0.717) is 17.8 Å². The lowest BCUT2D eigenvalue weighted by atomic mass is 10.0. The topological polar surface area (TPSA) is 72.3 Å². The van der Waals surface area contributed by atoms with Crippen LogP contribution in [0.5, 0.6) is 0 Å². The number of hydrogen-bond acceptors (Lipinski definition) is 3. The molecule has 0 aliphatic rings. The zero-order valence-corrected chi connectivity index (χ0v) is 7.17. The molecule has 0 aliphatic carbocycles. The lowest BCUT2D eigenvalue weighted by Crippen LogP contribution is -2.00. The SMILES string of the molecule is Cc1c(N)cc(N)cc1CCO. The van der Waals surface area contributed by atoms with E-state index < -0.39 is 0 Å². The summed E-state index contributed by atoms with van der Waals surface area (Å²) < 4.78 is 0. The molecule has 12 heavy (non-hydrogen) atoms. The summed E-state index contributed by atoms with van der Waals surface area (Å²) in [7, 11) is 0. The molecule has 0 aromatic heterocycles. The quantitative estimate of drug-likeness (QED) is 0.566. The van der Waals surface area contributed by atoms with E-state index in [9.17, 15) is 0 Å². The summed E-state index contributed by atoms with van der Waals surface area (Å²) in [6.45, 7) is 2.06. The zero-order chi connectivity index (χ0) is 9.14. The molecule has 1 rings (SSSR count). The highest BCUT2D eigenvalue weighted by atomic mass is 16.2. The predicted octanol–water partition coefficient (Wildman–Crippen LogP) is 0.694. The fourth-order valence-corrected chi connectivity index (χ4v) is 1.20. The maximum Gasteiger partial charge on any atom is 0.0471 e. The molecule has 0 saturated heterocycles. The van der Waals surface area contributed by atoms with Gasteiger partial charge in [-0.1, -0.05) is 0 Å². The average molecular weight is 166 g/mol. The Bertz CT molecular complexity index is 284. The van der Waals surface area contributed by atoms with Crippen molar-refractivity contribution in [2.45, 2.75) is 13.3 Å². The van der Waals surface area contributed by atoms with Gasteiger partial charge in [0.05, 0.1) is 0 Å². The highest BCUT2D eigenvalue weighted by Crippen LogP contribution is 2.20. The minimum atomic E-state index is 0.129. The summed E-state index contributed by atoms with van der Waals surface area (Å²) in [5, 5.41) is 8.74. The molecule has 0 spiro atoms. The summed E-state index contributed by atoms with van der Waals surface area (Å²) in [5.74, 6) is 0. The molecule has 1 aromatic rings.